The van der Waals surface area contributed by atoms with Crippen molar-refractivity contribution in [3.63, 3.8) is 0 Å². The van der Waals surface area contributed by atoms with Gasteiger partial charge in [-0.15, -0.1) is 0 Å². The van der Waals surface area contributed by atoms with Crippen molar-refractivity contribution in [3.8, 4) is 28.4 Å². The minimum Gasteiger partial charge on any atom is -0.507 e. The second-order valence-electron chi connectivity index (χ2n) is 4.80. The molecule has 3 rings (SSSR count). The van der Waals surface area contributed by atoms with E-state index < -0.39 is 5.91 Å². The Labute approximate surface area is 135 Å². The van der Waals surface area contributed by atoms with Crippen LogP contribution in [0.15, 0.2) is 36.5 Å². The Bertz CT molecular complexity index is 907. The Kier molecular flexibility index (Phi) is 3.63. The molecule has 1 amide bonds. The normalized spacial score (nSPS) is 10.7. The van der Waals surface area contributed by atoms with Gasteiger partial charge in [-0.1, -0.05) is 11.6 Å². The lowest BCUT2D eigenvalue weighted by Crippen LogP contribution is -2.11. The summed E-state index contributed by atoms with van der Waals surface area (Å²) in [4.78, 5) is 22.7. The van der Waals surface area contributed by atoms with Gasteiger partial charge in [0, 0.05) is 16.8 Å². The van der Waals surface area contributed by atoms with Crippen molar-refractivity contribution in [1.82, 2.24) is 15.0 Å². The van der Waals surface area contributed by atoms with Crippen LogP contribution in [0.2, 0.25) is 5.02 Å². The molecule has 0 aliphatic heterocycles. The molecule has 6 N–H and O–H groups in total. The number of hydrogen-bond donors (Lipinski definition) is 4. The van der Waals surface area contributed by atoms with Gasteiger partial charge in [-0.2, -0.15) is 0 Å². The number of aromatic nitrogens is 3. The van der Waals surface area contributed by atoms with Gasteiger partial charge in [-0.3, -0.25) is 4.79 Å². The van der Waals surface area contributed by atoms with Crippen LogP contribution in [0.4, 0.5) is 5.95 Å². The number of anilines is 1. The average molecular weight is 330 g/mol. The van der Waals surface area contributed by atoms with Crippen molar-refractivity contribution in [3.05, 3.63) is 47.1 Å². The van der Waals surface area contributed by atoms with E-state index in [1.807, 2.05) is 0 Å². The second-order valence-corrected chi connectivity index (χ2v) is 5.23. The van der Waals surface area contributed by atoms with Crippen molar-refractivity contribution < 1.29 is 9.90 Å². The summed E-state index contributed by atoms with van der Waals surface area (Å²) in [5.41, 5.74) is 12.9. The highest BCUT2D eigenvalue weighted by atomic mass is 35.5. The van der Waals surface area contributed by atoms with E-state index >= 15 is 0 Å². The van der Waals surface area contributed by atoms with Gasteiger partial charge in [-0.05, 0) is 30.3 Å². The van der Waals surface area contributed by atoms with Crippen molar-refractivity contribution in [2.45, 2.75) is 0 Å². The van der Waals surface area contributed by atoms with Gasteiger partial charge in [0.2, 0.25) is 5.95 Å². The number of nitrogens with zero attached hydrogens (tertiary/aromatic N) is 2. The second kappa shape index (κ2) is 5.62. The standard InChI is InChI=1S/C15H12ClN5O2/c16-7-1-2-12(22)8(5-7)13-9(14(17)23)6-11(20-13)10-3-4-19-15(18)21-10/h1-6,20,22H,(H2,17,23)(H2,18,19,21). The number of phenols is 1. The Balaban J connectivity index is 2.21. The summed E-state index contributed by atoms with van der Waals surface area (Å²) in [6, 6.07) is 7.69. The first kappa shape index (κ1) is 14.9. The van der Waals surface area contributed by atoms with Crippen molar-refractivity contribution in [2.75, 3.05) is 5.73 Å². The number of rotatable bonds is 3. The van der Waals surface area contributed by atoms with Gasteiger partial charge in [0.05, 0.1) is 22.6 Å². The number of carbonyl (C=O) groups is 1. The Morgan fingerprint density at radius 2 is 2.04 bits per heavy atom. The van der Waals surface area contributed by atoms with Gasteiger partial charge in [0.25, 0.3) is 5.91 Å². The van der Waals surface area contributed by atoms with Crippen molar-refractivity contribution >= 4 is 23.5 Å². The van der Waals surface area contributed by atoms with Gasteiger partial charge >= 0.3 is 0 Å². The molecule has 2 heterocycles. The molecule has 0 aliphatic rings. The number of amides is 1. The van der Waals surface area contributed by atoms with Crippen molar-refractivity contribution in [2.24, 2.45) is 5.73 Å². The van der Waals surface area contributed by atoms with Crippen LogP contribution < -0.4 is 11.5 Å². The van der Waals surface area contributed by atoms with Crippen LogP contribution in [0.25, 0.3) is 22.6 Å². The molecule has 7 nitrogen and oxygen atoms in total. The number of H-pyrrole nitrogens is 1. The SMILES string of the molecule is NC(=O)c1cc(-c2ccnc(N)n2)[nH]c1-c1cc(Cl)ccc1O. The highest BCUT2D eigenvalue weighted by Gasteiger charge is 2.19. The number of aromatic hydroxyl groups is 1. The van der Waals surface area contributed by atoms with Crippen LogP contribution in [0, 0.1) is 0 Å². The monoisotopic (exact) mass is 329 g/mol. The van der Waals surface area contributed by atoms with E-state index in [-0.39, 0.29) is 17.3 Å². The lowest BCUT2D eigenvalue weighted by atomic mass is 10.1. The number of nitrogens with two attached hydrogens (primary N) is 2. The van der Waals surface area contributed by atoms with Crippen molar-refractivity contribution in [1.29, 1.82) is 0 Å². The van der Waals surface area contributed by atoms with Gasteiger partial charge in [0.15, 0.2) is 0 Å². The first-order valence-corrected chi connectivity index (χ1v) is 6.94. The molecular formula is C15H12ClN5O2. The Morgan fingerprint density at radius 1 is 1.26 bits per heavy atom. The lowest BCUT2D eigenvalue weighted by Gasteiger charge is -2.05. The van der Waals surface area contributed by atoms with Crippen LogP contribution >= 0.6 is 11.6 Å². The third kappa shape index (κ3) is 2.82. The van der Waals surface area contributed by atoms with Gasteiger partial charge in [0.1, 0.15) is 5.75 Å². The number of primary amides is 1. The fourth-order valence-electron chi connectivity index (χ4n) is 2.23. The van der Waals surface area contributed by atoms with Crippen LogP contribution in [-0.4, -0.2) is 26.0 Å². The molecule has 116 valence electrons. The molecule has 0 bridgehead atoms. The first-order valence-electron chi connectivity index (χ1n) is 6.56. The van der Waals surface area contributed by atoms with E-state index in [0.29, 0.717) is 27.7 Å². The summed E-state index contributed by atoms with van der Waals surface area (Å²) in [5.74, 6) is -0.582. The summed E-state index contributed by atoms with van der Waals surface area (Å²) in [6.45, 7) is 0. The third-order valence-corrected chi connectivity index (χ3v) is 3.50. The highest BCUT2D eigenvalue weighted by molar-refractivity contribution is 6.31. The van der Waals surface area contributed by atoms with Crippen LogP contribution in [0.5, 0.6) is 5.75 Å². The predicted octanol–water partition coefficient (Wildman–Crippen LogP) is 2.18. The van der Waals surface area contributed by atoms with Crippen LogP contribution in [0.3, 0.4) is 0 Å². The molecular weight excluding hydrogens is 318 g/mol. The summed E-state index contributed by atoms with van der Waals surface area (Å²) in [6.07, 6.45) is 1.50. The zero-order valence-electron chi connectivity index (χ0n) is 11.7. The van der Waals surface area contributed by atoms with Gasteiger partial charge in [-0.25, -0.2) is 9.97 Å². The quantitative estimate of drug-likeness (QED) is 0.585. The van der Waals surface area contributed by atoms with E-state index in [4.69, 9.17) is 23.1 Å². The molecule has 2 aromatic heterocycles. The maximum Gasteiger partial charge on any atom is 0.250 e. The van der Waals surface area contributed by atoms with Crippen LogP contribution in [0.1, 0.15) is 10.4 Å². The average Bonchev–Trinajstić information content (AvgIpc) is 2.95. The number of aromatic amines is 1. The lowest BCUT2D eigenvalue weighted by molar-refractivity contribution is 0.100. The topological polar surface area (TPSA) is 131 Å². The number of carbonyl (C=O) groups excluding carboxylic acids is 1. The third-order valence-electron chi connectivity index (χ3n) is 3.26. The molecule has 23 heavy (non-hydrogen) atoms. The molecule has 0 spiro atoms. The minimum atomic E-state index is -0.649. The number of nitrogen functional groups attached to an aromatic ring is 1. The smallest absolute Gasteiger partial charge is 0.250 e. The summed E-state index contributed by atoms with van der Waals surface area (Å²) in [7, 11) is 0. The number of benzene rings is 1. The number of hydrogen-bond acceptors (Lipinski definition) is 5. The number of nitrogens with one attached hydrogen (secondary N) is 1. The molecule has 0 saturated heterocycles. The predicted molar refractivity (Wildman–Crippen MR) is 86.9 cm³/mol. The fourth-order valence-corrected chi connectivity index (χ4v) is 2.40. The minimum absolute atomic E-state index is 0.0347. The molecule has 8 heteroatoms. The zero-order valence-corrected chi connectivity index (χ0v) is 12.5. The van der Waals surface area contributed by atoms with Crippen LogP contribution in [-0.2, 0) is 0 Å². The summed E-state index contributed by atoms with van der Waals surface area (Å²) in [5, 5.41) is 10.5. The van der Waals surface area contributed by atoms with Gasteiger partial charge < -0.3 is 21.6 Å². The fraction of sp³-hybridized carbons (Fsp3) is 0. The Morgan fingerprint density at radius 3 is 2.74 bits per heavy atom. The molecule has 0 unspecified atom stereocenters. The molecule has 1 aromatic carbocycles. The Hall–Kier alpha value is -3.06. The largest absolute Gasteiger partial charge is 0.507 e. The number of halogens is 1. The molecule has 3 aromatic rings. The summed E-state index contributed by atoms with van der Waals surface area (Å²) < 4.78 is 0. The van der Waals surface area contributed by atoms with E-state index in [1.165, 1.54) is 18.3 Å². The zero-order chi connectivity index (χ0) is 16.6. The first-order chi connectivity index (χ1) is 11.0. The summed E-state index contributed by atoms with van der Waals surface area (Å²) >= 11 is 5.96. The molecule has 0 fully saturated rings. The molecule has 0 radical (unpaired) electrons. The molecule has 0 aliphatic carbocycles. The van der Waals surface area contributed by atoms with E-state index in [9.17, 15) is 9.90 Å². The molecule has 0 saturated carbocycles. The maximum absolute atomic E-state index is 11.7. The molecule has 0 atom stereocenters. The van der Waals surface area contributed by atoms with E-state index in [1.54, 1.807) is 18.2 Å². The number of phenolic OH excluding ortho intramolecular Hbond substituents is 1. The highest BCUT2D eigenvalue weighted by Crippen LogP contribution is 2.35. The van der Waals surface area contributed by atoms with E-state index in [0.717, 1.165) is 0 Å². The van der Waals surface area contributed by atoms with E-state index in [2.05, 4.69) is 15.0 Å². The maximum atomic E-state index is 11.7.